The van der Waals surface area contributed by atoms with E-state index in [1.807, 2.05) is 18.2 Å². The number of methoxy groups -OCH3 is 1. The molecule has 1 fully saturated rings. The van der Waals surface area contributed by atoms with Gasteiger partial charge in [0.15, 0.2) is 0 Å². The van der Waals surface area contributed by atoms with Gasteiger partial charge >= 0.3 is 0 Å². The highest BCUT2D eigenvalue weighted by molar-refractivity contribution is 14.1. The van der Waals surface area contributed by atoms with Crippen molar-refractivity contribution in [2.24, 2.45) is 0 Å². The normalized spacial score (nSPS) is 23.0. The molecule has 1 aromatic rings. The molecule has 2 rings (SSSR count). The number of ether oxygens (including phenoxy) is 1. The number of nitrogens with one attached hydrogen (secondary N) is 1. The standard InChI is InChI=1S/C12H13BrINO2/c1-17-9-5-8(6-9)15-12(16)10-4-7(14)2-3-11(10)13/h2-4,8-9H,5-6H2,1H3,(H,15,16). The molecule has 1 N–H and O–H groups in total. The van der Waals surface area contributed by atoms with Crippen LogP contribution in [0.15, 0.2) is 22.7 Å². The molecule has 1 amide bonds. The Kier molecular flexibility index (Phi) is 4.43. The molecule has 92 valence electrons. The van der Waals surface area contributed by atoms with Crippen molar-refractivity contribution in [3.05, 3.63) is 31.8 Å². The molecule has 0 bridgehead atoms. The van der Waals surface area contributed by atoms with Gasteiger partial charge < -0.3 is 10.1 Å². The summed E-state index contributed by atoms with van der Waals surface area (Å²) in [6, 6.07) is 5.99. The van der Waals surface area contributed by atoms with E-state index >= 15 is 0 Å². The van der Waals surface area contributed by atoms with E-state index in [0.29, 0.717) is 11.7 Å². The summed E-state index contributed by atoms with van der Waals surface area (Å²) < 4.78 is 7.07. The summed E-state index contributed by atoms with van der Waals surface area (Å²) in [4.78, 5) is 12.0. The average molecular weight is 410 g/mol. The number of rotatable bonds is 3. The van der Waals surface area contributed by atoms with Gasteiger partial charge in [0.1, 0.15) is 0 Å². The fraction of sp³-hybridized carbons (Fsp3) is 0.417. The van der Waals surface area contributed by atoms with E-state index in [2.05, 4.69) is 43.8 Å². The molecule has 0 atom stereocenters. The second-order valence-corrected chi connectivity index (χ2v) is 6.22. The maximum absolute atomic E-state index is 12.0. The molecule has 1 aliphatic rings. The first-order chi connectivity index (χ1) is 8.10. The van der Waals surface area contributed by atoms with Gasteiger partial charge in [0.2, 0.25) is 0 Å². The average Bonchev–Trinajstić information content (AvgIpc) is 2.25. The lowest BCUT2D eigenvalue weighted by atomic mass is 9.89. The summed E-state index contributed by atoms with van der Waals surface area (Å²) in [5, 5.41) is 3.01. The van der Waals surface area contributed by atoms with Gasteiger partial charge in [-0.05, 0) is 69.6 Å². The Bertz CT molecular complexity index is 433. The van der Waals surface area contributed by atoms with Gasteiger partial charge in [-0.2, -0.15) is 0 Å². The highest BCUT2D eigenvalue weighted by Crippen LogP contribution is 2.24. The van der Waals surface area contributed by atoms with Crippen LogP contribution in [0, 0.1) is 3.57 Å². The fourth-order valence-corrected chi connectivity index (χ4v) is 2.73. The van der Waals surface area contributed by atoms with E-state index in [4.69, 9.17) is 4.74 Å². The van der Waals surface area contributed by atoms with E-state index in [1.54, 1.807) is 7.11 Å². The molecule has 0 unspecified atom stereocenters. The summed E-state index contributed by atoms with van der Waals surface area (Å²) in [5.74, 6) is -0.0186. The zero-order chi connectivity index (χ0) is 12.4. The Morgan fingerprint density at radius 2 is 2.24 bits per heavy atom. The van der Waals surface area contributed by atoms with Gasteiger partial charge in [-0.1, -0.05) is 0 Å². The Balaban J connectivity index is 1.98. The smallest absolute Gasteiger partial charge is 0.252 e. The molecular weight excluding hydrogens is 397 g/mol. The molecule has 1 aliphatic carbocycles. The summed E-state index contributed by atoms with van der Waals surface area (Å²) in [6.07, 6.45) is 2.12. The second kappa shape index (κ2) is 5.67. The Labute approximate surface area is 123 Å². The molecule has 0 aromatic heterocycles. The predicted octanol–water partition coefficient (Wildman–Crippen LogP) is 2.96. The van der Waals surface area contributed by atoms with E-state index in [1.165, 1.54) is 0 Å². The first-order valence-electron chi connectivity index (χ1n) is 5.39. The van der Waals surface area contributed by atoms with E-state index in [9.17, 15) is 4.79 Å². The number of carbonyl (C=O) groups excluding carboxylic acids is 1. The van der Waals surface area contributed by atoms with E-state index < -0.39 is 0 Å². The lowest BCUT2D eigenvalue weighted by Gasteiger charge is -2.34. The third-order valence-corrected chi connectivity index (χ3v) is 4.30. The first kappa shape index (κ1) is 13.3. The van der Waals surface area contributed by atoms with Crippen molar-refractivity contribution in [2.75, 3.05) is 7.11 Å². The first-order valence-corrected chi connectivity index (χ1v) is 7.26. The molecular formula is C12H13BrINO2. The Hall–Kier alpha value is -0.140. The van der Waals surface area contributed by atoms with Crippen LogP contribution >= 0.6 is 38.5 Å². The van der Waals surface area contributed by atoms with E-state index in [0.717, 1.165) is 20.9 Å². The Morgan fingerprint density at radius 3 is 2.88 bits per heavy atom. The maximum atomic E-state index is 12.0. The number of amides is 1. The molecule has 0 aliphatic heterocycles. The largest absolute Gasteiger partial charge is 0.381 e. The predicted molar refractivity (Wildman–Crippen MR) is 78.1 cm³/mol. The lowest BCUT2D eigenvalue weighted by Crippen LogP contribution is -2.47. The summed E-state index contributed by atoms with van der Waals surface area (Å²) in [5.41, 5.74) is 0.692. The molecule has 0 radical (unpaired) electrons. The molecule has 0 heterocycles. The van der Waals surface area contributed by atoms with Crippen LogP contribution in [0.3, 0.4) is 0 Å². The minimum Gasteiger partial charge on any atom is -0.381 e. The SMILES string of the molecule is COC1CC(NC(=O)c2cc(I)ccc2Br)C1. The van der Waals surface area contributed by atoms with Gasteiger partial charge in [-0.25, -0.2) is 0 Å². The number of hydrogen-bond donors (Lipinski definition) is 1. The van der Waals surface area contributed by atoms with Crippen molar-refractivity contribution in [1.29, 1.82) is 0 Å². The number of hydrogen-bond acceptors (Lipinski definition) is 2. The van der Waals surface area contributed by atoms with Crippen molar-refractivity contribution >= 4 is 44.4 Å². The monoisotopic (exact) mass is 409 g/mol. The summed E-state index contributed by atoms with van der Waals surface area (Å²) in [7, 11) is 1.71. The van der Waals surface area contributed by atoms with Gasteiger partial charge in [-0.3, -0.25) is 4.79 Å². The van der Waals surface area contributed by atoms with Crippen LogP contribution in [0.2, 0.25) is 0 Å². The zero-order valence-electron chi connectivity index (χ0n) is 9.37. The molecule has 5 heteroatoms. The third-order valence-electron chi connectivity index (χ3n) is 2.94. The van der Waals surface area contributed by atoms with Gasteiger partial charge in [0, 0.05) is 21.2 Å². The van der Waals surface area contributed by atoms with Gasteiger partial charge in [-0.15, -0.1) is 0 Å². The number of carbonyl (C=O) groups is 1. The molecule has 1 saturated carbocycles. The Morgan fingerprint density at radius 1 is 1.53 bits per heavy atom. The molecule has 17 heavy (non-hydrogen) atoms. The van der Waals surface area contributed by atoms with Crippen molar-refractivity contribution in [3.63, 3.8) is 0 Å². The van der Waals surface area contributed by atoms with Crippen LogP contribution in [-0.2, 0) is 4.74 Å². The minimum atomic E-state index is -0.0186. The van der Waals surface area contributed by atoms with Crippen LogP contribution < -0.4 is 5.32 Å². The maximum Gasteiger partial charge on any atom is 0.252 e. The topological polar surface area (TPSA) is 38.3 Å². The quantitative estimate of drug-likeness (QED) is 0.779. The summed E-state index contributed by atoms with van der Waals surface area (Å²) >= 11 is 5.60. The van der Waals surface area contributed by atoms with Crippen molar-refractivity contribution in [2.45, 2.75) is 25.0 Å². The van der Waals surface area contributed by atoms with Crippen LogP contribution in [0.1, 0.15) is 23.2 Å². The third kappa shape index (κ3) is 3.20. The minimum absolute atomic E-state index is 0.0186. The molecule has 0 spiro atoms. The van der Waals surface area contributed by atoms with Gasteiger partial charge in [0.25, 0.3) is 5.91 Å². The van der Waals surface area contributed by atoms with Crippen molar-refractivity contribution in [1.82, 2.24) is 5.32 Å². The van der Waals surface area contributed by atoms with Gasteiger partial charge in [0.05, 0.1) is 11.7 Å². The van der Waals surface area contributed by atoms with Crippen molar-refractivity contribution < 1.29 is 9.53 Å². The summed E-state index contributed by atoms with van der Waals surface area (Å²) in [6.45, 7) is 0. The highest BCUT2D eigenvalue weighted by Gasteiger charge is 2.30. The van der Waals surface area contributed by atoms with Crippen LogP contribution in [0.25, 0.3) is 0 Å². The number of halogens is 2. The molecule has 0 saturated heterocycles. The van der Waals surface area contributed by atoms with Crippen LogP contribution in [-0.4, -0.2) is 25.2 Å². The van der Waals surface area contributed by atoms with Crippen LogP contribution in [0.5, 0.6) is 0 Å². The molecule has 1 aromatic carbocycles. The second-order valence-electron chi connectivity index (χ2n) is 4.12. The van der Waals surface area contributed by atoms with Crippen LogP contribution in [0.4, 0.5) is 0 Å². The number of benzene rings is 1. The van der Waals surface area contributed by atoms with Crippen molar-refractivity contribution in [3.8, 4) is 0 Å². The van der Waals surface area contributed by atoms with E-state index in [-0.39, 0.29) is 11.9 Å². The molecule has 3 nitrogen and oxygen atoms in total. The highest BCUT2D eigenvalue weighted by atomic mass is 127. The zero-order valence-corrected chi connectivity index (χ0v) is 13.1. The fourth-order valence-electron chi connectivity index (χ4n) is 1.81. The lowest BCUT2D eigenvalue weighted by molar-refractivity contribution is 0.0176.